The molecule has 2 aliphatic carbocycles. The van der Waals surface area contributed by atoms with Gasteiger partial charge in [0.25, 0.3) is 0 Å². The predicted octanol–water partition coefficient (Wildman–Crippen LogP) is 4.28. The molecule has 0 aromatic rings. The second-order valence-electron chi connectivity index (χ2n) is 6.28. The molecule has 19 heavy (non-hydrogen) atoms. The average molecular weight is 290 g/mol. The van der Waals surface area contributed by atoms with Crippen LogP contribution in [-0.2, 0) is 13.6 Å². The van der Waals surface area contributed by atoms with E-state index in [-0.39, 0.29) is 12.2 Å². The van der Waals surface area contributed by atoms with Crippen molar-refractivity contribution < 1.29 is 18.5 Å². The largest absolute Gasteiger partial charge is 0.472 e. The van der Waals surface area contributed by atoms with Crippen LogP contribution in [0, 0.1) is 11.8 Å². The van der Waals surface area contributed by atoms with Crippen molar-refractivity contribution in [2.45, 2.75) is 77.4 Å². The second-order valence-corrected chi connectivity index (χ2v) is 7.64. The molecule has 4 atom stereocenters. The maximum Gasteiger partial charge on any atom is 0.472 e. The van der Waals surface area contributed by atoms with E-state index in [0.717, 1.165) is 38.5 Å². The Morgan fingerprint density at radius 2 is 1.21 bits per heavy atom. The second kappa shape index (κ2) is 6.71. The van der Waals surface area contributed by atoms with Crippen molar-refractivity contribution in [2.24, 2.45) is 11.8 Å². The van der Waals surface area contributed by atoms with Gasteiger partial charge in [-0.25, -0.2) is 4.57 Å². The molecule has 4 nitrogen and oxygen atoms in total. The van der Waals surface area contributed by atoms with Crippen molar-refractivity contribution in [2.75, 3.05) is 0 Å². The Kier molecular flexibility index (Phi) is 5.47. The van der Waals surface area contributed by atoms with Gasteiger partial charge in [-0.15, -0.1) is 0 Å². The lowest BCUT2D eigenvalue weighted by molar-refractivity contribution is 0.0130. The molecule has 0 aromatic heterocycles. The minimum atomic E-state index is -3.90. The summed E-state index contributed by atoms with van der Waals surface area (Å²) in [5.41, 5.74) is 0. The third-order valence-electron chi connectivity index (χ3n) is 4.60. The molecule has 0 saturated heterocycles. The van der Waals surface area contributed by atoms with Gasteiger partial charge >= 0.3 is 7.82 Å². The van der Waals surface area contributed by atoms with Gasteiger partial charge < -0.3 is 4.89 Å². The van der Waals surface area contributed by atoms with Gasteiger partial charge in [0.05, 0.1) is 12.2 Å². The third-order valence-corrected chi connectivity index (χ3v) is 5.68. The highest BCUT2D eigenvalue weighted by Crippen LogP contribution is 2.50. The van der Waals surface area contributed by atoms with E-state index >= 15 is 0 Å². The smallest absolute Gasteiger partial charge is 0.302 e. The van der Waals surface area contributed by atoms with Gasteiger partial charge in [-0.05, 0) is 37.5 Å². The highest BCUT2D eigenvalue weighted by molar-refractivity contribution is 7.47. The van der Waals surface area contributed by atoms with Crippen LogP contribution >= 0.6 is 7.82 Å². The first-order valence-corrected chi connectivity index (χ1v) is 9.17. The van der Waals surface area contributed by atoms with Crippen LogP contribution in [0.25, 0.3) is 0 Å². The molecule has 112 valence electrons. The van der Waals surface area contributed by atoms with Crippen molar-refractivity contribution in [3.63, 3.8) is 0 Å². The molecule has 0 heterocycles. The molecule has 2 saturated carbocycles. The van der Waals surface area contributed by atoms with Crippen LogP contribution in [0.2, 0.25) is 0 Å². The van der Waals surface area contributed by atoms with Crippen LogP contribution in [0.3, 0.4) is 0 Å². The molecule has 2 fully saturated rings. The zero-order valence-electron chi connectivity index (χ0n) is 12.1. The summed E-state index contributed by atoms with van der Waals surface area (Å²) >= 11 is 0. The molecule has 2 rings (SSSR count). The summed E-state index contributed by atoms with van der Waals surface area (Å²) in [6.07, 6.45) is 8.18. The summed E-state index contributed by atoms with van der Waals surface area (Å²) < 4.78 is 23.0. The van der Waals surface area contributed by atoms with E-state index in [4.69, 9.17) is 9.05 Å². The van der Waals surface area contributed by atoms with E-state index in [2.05, 4.69) is 13.8 Å². The minimum Gasteiger partial charge on any atom is -0.302 e. The first-order chi connectivity index (χ1) is 8.98. The van der Waals surface area contributed by atoms with Crippen LogP contribution in [-0.4, -0.2) is 17.1 Å². The minimum absolute atomic E-state index is 0.122. The lowest BCUT2D eigenvalue weighted by Crippen LogP contribution is -2.28. The van der Waals surface area contributed by atoms with Crippen molar-refractivity contribution >= 4 is 7.82 Å². The molecular weight excluding hydrogens is 263 g/mol. The first-order valence-electron chi connectivity index (χ1n) is 7.67. The molecule has 0 aliphatic heterocycles. The van der Waals surface area contributed by atoms with E-state index in [1.165, 1.54) is 12.8 Å². The Balaban J connectivity index is 1.88. The Bertz CT molecular complexity index is 305. The molecule has 4 unspecified atom stereocenters. The SMILES string of the molecule is CC1CCCCC1OP(=O)(O)OC1CCCCC1C. The van der Waals surface area contributed by atoms with Crippen molar-refractivity contribution in [1.29, 1.82) is 0 Å². The van der Waals surface area contributed by atoms with Gasteiger partial charge in [-0.2, -0.15) is 0 Å². The molecule has 0 spiro atoms. The van der Waals surface area contributed by atoms with Crippen LogP contribution in [0.5, 0.6) is 0 Å². The maximum absolute atomic E-state index is 12.2. The fourth-order valence-corrected chi connectivity index (χ4v) is 4.61. The topological polar surface area (TPSA) is 55.8 Å². The molecule has 5 heteroatoms. The molecule has 0 radical (unpaired) electrons. The van der Waals surface area contributed by atoms with E-state index in [1.54, 1.807) is 0 Å². The maximum atomic E-state index is 12.2. The fourth-order valence-electron chi connectivity index (χ4n) is 3.24. The summed E-state index contributed by atoms with van der Waals surface area (Å²) in [4.78, 5) is 9.97. The molecular formula is C14H27O4P. The molecule has 1 N–H and O–H groups in total. The van der Waals surface area contributed by atoms with Crippen LogP contribution in [0.4, 0.5) is 0 Å². The number of rotatable bonds is 4. The first kappa shape index (κ1) is 15.5. The fraction of sp³-hybridized carbons (Fsp3) is 1.00. The van der Waals surface area contributed by atoms with Gasteiger partial charge in [0.15, 0.2) is 0 Å². The van der Waals surface area contributed by atoms with Crippen molar-refractivity contribution in [1.82, 2.24) is 0 Å². The zero-order valence-corrected chi connectivity index (χ0v) is 13.0. The summed E-state index contributed by atoms with van der Waals surface area (Å²) in [6.45, 7) is 4.18. The summed E-state index contributed by atoms with van der Waals surface area (Å²) in [7, 11) is -3.90. The predicted molar refractivity (Wildman–Crippen MR) is 74.8 cm³/mol. The zero-order chi connectivity index (χ0) is 13.9. The Hall–Kier alpha value is 0.110. The lowest BCUT2D eigenvalue weighted by atomic mass is 9.88. The Morgan fingerprint density at radius 1 is 0.842 bits per heavy atom. The number of hydrogen-bond acceptors (Lipinski definition) is 3. The van der Waals surface area contributed by atoms with E-state index in [1.807, 2.05) is 0 Å². The molecule has 0 amide bonds. The average Bonchev–Trinajstić information content (AvgIpc) is 2.35. The van der Waals surface area contributed by atoms with Crippen LogP contribution in [0.15, 0.2) is 0 Å². The van der Waals surface area contributed by atoms with Crippen LogP contribution < -0.4 is 0 Å². The Morgan fingerprint density at radius 3 is 1.58 bits per heavy atom. The van der Waals surface area contributed by atoms with E-state index in [9.17, 15) is 9.46 Å². The standard InChI is InChI=1S/C14H27O4P/c1-11-7-3-5-9-13(11)17-19(15,16)18-14-10-6-4-8-12(14)2/h11-14H,3-10H2,1-2H3,(H,15,16). The summed E-state index contributed by atoms with van der Waals surface area (Å²) in [5.74, 6) is 0.697. The van der Waals surface area contributed by atoms with E-state index in [0.29, 0.717) is 11.8 Å². The van der Waals surface area contributed by atoms with E-state index < -0.39 is 7.82 Å². The van der Waals surface area contributed by atoms with Gasteiger partial charge in [-0.1, -0.05) is 39.5 Å². The number of hydrogen-bond donors (Lipinski definition) is 1. The lowest BCUT2D eigenvalue weighted by Gasteiger charge is -2.33. The van der Waals surface area contributed by atoms with Gasteiger partial charge in [0, 0.05) is 0 Å². The highest BCUT2D eigenvalue weighted by Gasteiger charge is 2.35. The Labute approximate surface area is 116 Å². The number of phosphoric acid groups is 1. The van der Waals surface area contributed by atoms with Crippen LogP contribution in [0.1, 0.15) is 65.2 Å². The number of phosphoric ester groups is 1. The third kappa shape index (κ3) is 4.56. The normalized spacial score (nSPS) is 39.7. The summed E-state index contributed by atoms with van der Waals surface area (Å²) in [6, 6.07) is 0. The van der Waals surface area contributed by atoms with Crippen molar-refractivity contribution in [3.05, 3.63) is 0 Å². The quantitative estimate of drug-likeness (QED) is 0.785. The molecule has 0 bridgehead atoms. The molecule has 2 aliphatic rings. The van der Waals surface area contributed by atoms with Crippen molar-refractivity contribution in [3.8, 4) is 0 Å². The summed E-state index contributed by atoms with van der Waals surface area (Å²) in [5, 5.41) is 0. The van der Waals surface area contributed by atoms with Gasteiger partial charge in [0.2, 0.25) is 0 Å². The van der Waals surface area contributed by atoms with Gasteiger partial charge in [0.1, 0.15) is 0 Å². The van der Waals surface area contributed by atoms with Gasteiger partial charge in [-0.3, -0.25) is 9.05 Å². The highest BCUT2D eigenvalue weighted by atomic mass is 31.2. The monoisotopic (exact) mass is 290 g/mol. The molecule has 0 aromatic carbocycles.